The average molecular weight is 257 g/mol. The highest BCUT2D eigenvalue weighted by molar-refractivity contribution is 5.90. The molecule has 18 heavy (non-hydrogen) atoms. The summed E-state index contributed by atoms with van der Waals surface area (Å²) >= 11 is 0. The normalized spacial score (nSPS) is 10.6. The molecule has 0 unspecified atom stereocenters. The van der Waals surface area contributed by atoms with E-state index < -0.39 is 17.8 Å². The summed E-state index contributed by atoms with van der Waals surface area (Å²) in [6.45, 7) is -0.208. The molecule has 1 rings (SSSR count). The van der Waals surface area contributed by atoms with Crippen LogP contribution in [0, 0.1) is 11.3 Å². The van der Waals surface area contributed by atoms with Crippen molar-refractivity contribution < 1.29 is 18.0 Å². The Labute approximate surface area is 102 Å². The smallest absolute Gasteiger partial charge is 0.314 e. The van der Waals surface area contributed by atoms with Crippen LogP contribution in [0.5, 0.6) is 0 Å². The van der Waals surface area contributed by atoms with Crippen LogP contribution < -0.4 is 5.32 Å². The third kappa shape index (κ3) is 3.38. The molecule has 0 fully saturated rings. The number of amides is 2. The summed E-state index contributed by atoms with van der Waals surface area (Å²) in [4.78, 5) is 12.5. The fraction of sp³-hybridized carbons (Fsp3) is 0.273. The van der Waals surface area contributed by atoms with Gasteiger partial charge in [0.25, 0.3) is 0 Å². The first-order chi connectivity index (χ1) is 8.36. The van der Waals surface area contributed by atoms with E-state index in [-0.39, 0.29) is 12.2 Å². The molecule has 0 saturated heterocycles. The molecule has 0 aliphatic carbocycles. The highest BCUT2D eigenvalue weighted by atomic mass is 19.4. The molecular weight excluding hydrogens is 247 g/mol. The van der Waals surface area contributed by atoms with E-state index in [9.17, 15) is 18.0 Å². The van der Waals surface area contributed by atoms with Crippen LogP contribution in [-0.4, -0.2) is 24.5 Å². The lowest BCUT2D eigenvalue weighted by atomic mass is 10.1. The van der Waals surface area contributed by atoms with Crippen molar-refractivity contribution in [2.24, 2.45) is 0 Å². The highest BCUT2D eigenvalue weighted by Gasteiger charge is 2.33. The number of hydrogen-bond acceptors (Lipinski definition) is 2. The van der Waals surface area contributed by atoms with Gasteiger partial charge in [0, 0.05) is 7.05 Å². The minimum Gasteiger partial charge on any atom is -0.314 e. The van der Waals surface area contributed by atoms with Gasteiger partial charge in [0.15, 0.2) is 0 Å². The predicted octanol–water partition coefficient (Wildman–Crippen LogP) is 2.69. The average Bonchev–Trinajstić information content (AvgIpc) is 2.28. The van der Waals surface area contributed by atoms with Crippen LogP contribution in [0.15, 0.2) is 24.3 Å². The van der Waals surface area contributed by atoms with Crippen LogP contribution in [0.1, 0.15) is 5.56 Å². The van der Waals surface area contributed by atoms with Crippen molar-refractivity contribution in [3.63, 3.8) is 0 Å². The molecule has 4 nitrogen and oxygen atoms in total. The Morgan fingerprint density at radius 2 is 2.06 bits per heavy atom. The summed E-state index contributed by atoms with van der Waals surface area (Å²) in [5.74, 6) is 0. The number of anilines is 1. The van der Waals surface area contributed by atoms with Gasteiger partial charge in [-0.25, -0.2) is 4.79 Å². The Balaban J connectivity index is 2.92. The molecule has 0 saturated carbocycles. The minimum absolute atomic E-state index is 0.208. The Hall–Kier alpha value is -2.23. The predicted molar refractivity (Wildman–Crippen MR) is 58.7 cm³/mol. The standard InChI is InChI=1S/C11H10F3N3O/c1-17(7-6-15)10(18)16-9-5-3-2-4-8(9)11(12,13)14/h2-5H,7H2,1H3,(H,16,18). The van der Waals surface area contributed by atoms with Gasteiger partial charge in [0.1, 0.15) is 6.54 Å². The second-order valence-corrected chi connectivity index (χ2v) is 3.49. The molecule has 96 valence electrons. The Kier molecular flexibility index (Phi) is 4.15. The highest BCUT2D eigenvalue weighted by Crippen LogP contribution is 2.34. The molecule has 1 aromatic rings. The molecule has 0 aliphatic rings. The number of rotatable bonds is 2. The van der Waals surface area contributed by atoms with E-state index in [2.05, 4.69) is 5.32 Å². The van der Waals surface area contributed by atoms with Crippen molar-refractivity contribution in [1.82, 2.24) is 4.90 Å². The van der Waals surface area contributed by atoms with E-state index in [1.54, 1.807) is 6.07 Å². The molecule has 1 N–H and O–H groups in total. The summed E-state index contributed by atoms with van der Waals surface area (Å²) < 4.78 is 37.9. The lowest BCUT2D eigenvalue weighted by molar-refractivity contribution is -0.136. The zero-order valence-corrected chi connectivity index (χ0v) is 9.45. The largest absolute Gasteiger partial charge is 0.418 e. The number of nitrogens with one attached hydrogen (secondary N) is 1. The molecule has 0 bridgehead atoms. The molecule has 1 aromatic carbocycles. The summed E-state index contributed by atoms with van der Waals surface area (Å²) in [6, 6.07) is 5.60. The number of halogens is 3. The SMILES string of the molecule is CN(CC#N)C(=O)Nc1ccccc1C(F)(F)F. The van der Waals surface area contributed by atoms with Crippen molar-refractivity contribution >= 4 is 11.7 Å². The number of carbonyl (C=O) groups excluding carboxylic acids is 1. The minimum atomic E-state index is -4.54. The van der Waals surface area contributed by atoms with E-state index in [1.165, 1.54) is 19.2 Å². The second kappa shape index (κ2) is 5.40. The van der Waals surface area contributed by atoms with Gasteiger partial charge in [0.05, 0.1) is 17.3 Å². The lowest BCUT2D eigenvalue weighted by Crippen LogP contribution is -2.32. The molecule has 0 atom stereocenters. The van der Waals surface area contributed by atoms with E-state index >= 15 is 0 Å². The van der Waals surface area contributed by atoms with Crippen molar-refractivity contribution in [1.29, 1.82) is 5.26 Å². The maximum atomic E-state index is 12.6. The molecular formula is C11H10F3N3O. The zero-order chi connectivity index (χ0) is 13.8. The van der Waals surface area contributed by atoms with Gasteiger partial charge in [-0.3, -0.25) is 0 Å². The van der Waals surface area contributed by atoms with Gasteiger partial charge in [0.2, 0.25) is 0 Å². The van der Waals surface area contributed by atoms with Gasteiger partial charge in [-0.1, -0.05) is 12.1 Å². The number of para-hydroxylation sites is 1. The molecule has 7 heteroatoms. The van der Waals surface area contributed by atoms with Crippen molar-refractivity contribution in [3.05, 3.63) is 29.8 Å². The first-order valence-corrected chi connectivity index (χ1v) is 4.91. The Morgan fingerprint density at radius 1 is 1.44 bits per heavy atom. The van der Waals surface area contributed by atoms with Crippen molar-refractivity contribution in [3.8, 4) is 6.07 Å². The van der Waals surface area contributed by atoms with E-state index in [4.69, 9.17) is 5.26 Å². The number of carbonyl (C=O) groups is 1. The van der Waals surface area contributed by atoms with Crippen LogP contribution >= 0.6 is 0 Å². The summed E-state index contributed by atoms with van der Waals surface area (Å²) in [5, 5.41) is 10.5. The number of urea groups is 1. The van der Waals surface area contributed by atoms with Crippen LogP contribution in [0.4, 0.5) is 23.7 Å². The monoisotopic (exact) mass is 257 g/mol. The number of alkyl halides is 3. The van der Waals surface area contributed by atoms with E-state index in [0.717, 1.165) is 17.0 Å². The number of hydrogen-bond donors (Lipinski definition) is 1. The van der Waals surface area contributed by atoms with Crippen molar-refractivity contribution in [2.45, 2.75) is 6.18 Å². The fourth-order valence-electron chi connectivity index (χ4n) is 1.23. The lowest BCUT2D eigenvalue weighted by Gasteiger charge is -2.17. The van der Waals surface area contributed by atoms with Crippen LogP contribution in [0.25, 0.3) is 0 Å². The van der Waals surface area contributed by atoms with E-state index in [1.807, 2.05) is 0 Å². The van der Waals surface area contributed by atoms with Crippen LogP contribution in [0.2, 0.25) is 0 Å². The Bertz CT molecular complexity index is 479. The molecule has 2 amide bonds. The van der Waals surface area contributed by atoms with Gasteiger partial charge >= 0.3 is 12.2 Å². The first-order valence-electron chi connectivity index (χ1n) is 4.91. The van der Waals surface area contributed by atoms with Gasteiger partial charge in [-0.05, 0) is 12.1 Å². The van der Waals surface area contributed by atoms with E-state index in [0.29, 0.717) is 0 Å². The fourth-order valence-corrected chi connectivity index (χ4v) is 1.23. The first kappa shape index (κ1) is 13.8. The number of nitriles is 1. The molecule has 0 heterocycles. The number of nitrogens with zero attached hydrogens (tertiary/aromatic N) is 2. The quantitative estimate of drug-likeness (QED) is 0.828. The molecule has 0 aliphatic heterocycles. The topological polar surface area (TPSA) is 56.1 Å². The molecule has 0 aromatic heterocycles. The zero-order valence-electron chi connectivity index (χ0n) is 9.45. The second-order valence-electron chi connectivity index (χ2n) is 3.49. The molecule has 0 spiro atoms. The van der Waals surface area contributed by atoms with Gasteiger partial charge in [-0.2, -0.15) is 18.4 Å². The molecule has 0 radical (unpaired) electrons. The summed E-state index contributed by atoms with van der Waals surface area (Å²) in [5.41, 5.74) is -1.26. The summed E-state index contributed by atoms with van der Waals surface area (Å²) in [6.07, 6.45) is -4.54. The summed E-state index contributed by atoms with van der Waals surface area (Å²) in [7, 11) is 1.31. The van der Waals surface area contributed by atoms with Crippen LogP contribution in [0.3, 0.4) is 0 Å². The van der Waals surface area contributed by atoms with Gasteiger partial charge in [-0.15, -0.1) is 0 Å². The maximum Gasteiger partial charge on any atom is 0.418 e. The van der Waals surface area contributed by atoms with Gasteiger partial charge < -0.3 is 10.2 Å². The maximum absolute atomic E-state index is 12.6. The third-order valence-corrected chi connectivity index (χ3v) is 2.13. The third-order valence-electron chi connectivity index (χ3n) is 2.13. The number of benzene rings is 1. The van der Waals surface area contributed by atoms with Crippen molar-refractivity contribution in [2.75, 3.05) is 18.9 Å². The van der Waals surface area contributed by atoms with Crippen LogP contribution in [-0.2, 0) is 6.18 Å². The Morgan fingerprint density at radius 3 is 2.61 bits per heavy atom.